The summed E-state index contributed by atoms with van der Waals surface area (Å²) in [6, 6.07) is 21.5. The van der Waals surface area contributed by atoms with Crippen molar-refractivity contribution in [2.24, 2.45) is 0 Å². The summed E-state index contributed by atoms with van der Waals surface area (Å²) in [7, 11) is 0. The minimum Gasteiger partial charge on any atom is -0.490 e. The van der Waals surface area contributed by atoms with Crippen molar-refractivity contribution in [1.29, 1.82) is 0 Å². The maximum atomic E-state index is 13.4. The molecule has 6 rings (SSSR count). The van der Waals surface area contributed by atoms with Crippen LogP contribution in [0, 0.1) is 3.57 Å². The molecule has 1 fully saturated rings. The van der Waals surface area contributed by atoms with Crippen LogP contribution < -0.4 is 29.2 Å². The Balaban J connectivity index is 1.30. The average Bonchev–Trinajstić information content (AvgIpc) is 3.43. The molecule has 4 aromatic rings. The summed E-state index contributed by atoms with van der Waals surface area (Å²) in [6.45, 7) is 2.61. The predicted octanol–water partition coefficient (Wildman–Crippen LogP) is 5.82. The summed E-state index contributed by atoms with van der Waals surface area (Å²) in [6.07, 6.45) is 1.43. The molecule has 0 radical (unpaired) electrons. The number of halogens is 1. The van der Waals surface area contributed by atoms with E-state index in [1.165, 1.54) is 12.1 Å². The lowest BCUT2D eigenvalue weighted by Gasteiger charge is -2.26. The summed E-state index contributed by atoms with van der Waals surface area (Å²) in [5.74, 6) is 0.382. The van der Waals surface area contributed by atoms with Crippen LogP contribution in [-0.2, 0) is 16.2 Å². The van der Waals surface area contributed by atoms with Gasteiger partial charge >= 0.3 is 6.03 Å². The maximum Gasteiger partial charge on any atom is 0.335 e. The SMILES string of the molecule is CCOc1cc(/C=C2\C(=O)NC(=O)N(c3ccc4c(c3)OCO4)C2=O)cc(I)c1OCc1cccc2ccccc12. The van der Waals surface area contributed by atoms with E-state index in [0.29, 0.717) is 41.8 Å². The molecular formula is C31H23IN2O7. The molecule has 9 nitrogen and oxygen atoms in total. The van der Waals surface area contributed by atoms with Crippen LogP contribution in [0.25, 0.3) is 16.8 Å². The van der Waals surface area contributed by atoms with Crippen LogP contribution in [0.4, 0.5) is 10.5 Å². The number of hydrogen-bond acceptors (Lipinski definition) is 7. The fourth-order valence-electron chi connectivity index (χ4n) is 4.73. The van der Waals surface area contributed by atoms with Crippen LogP contribution in [0.15, 0.2) is 78.4 Å². The lowest BCUT2D eigenvalue weighted by molar-refractivity contribution is -0.122. The molecule has 0 unspecified atom stereocenters. The first-order valence-electron chi connectivity index (χ1n) is 12.8. The molecule has 41 heavy (non-hydrogen) atoms. The minimum absolute atomic E-state index is 0.0466. The number of imide groups is 2. The van der Waals surface area contributed by atoms with Crippen molar-refractivity contribution in [2.75, 3.05) is 18.3 Å². The van der Waals surface area contributed by atoms with Gasteiger partial charge < -0.3 is 18.9 Å². The van der Waals surface area contributed by atoms with Crippen molar-refractivity contribution in [3.05, 3.63) is 93.1 Å². The van der Waals surface area contributed by atoms with Crippen LogP contribution in [0.2, 0.25) is 0 Å². The van der Waals surface area contributed by atoms with E-state index in [9.17, 15) is 14.4 Å². The van der Waals surface area contributed by atoms with Gasteiger partial charge in [0.25, 0.3) is 11.8 Å². The van der Waals surface area contributed by atoms with Gasteiger partial charge in [-0.25, -0.2) is 9.69 Å². The highest BCUT2D eigenvalue weighted by Crippen LogP contribution is 2.38. The van der Waals surface area contributed by atoms with Crippen molar-refractivity contribution in [3.8, 4) is 23.0 Å². The number of anilines is 1. The van der Waals surface area contributed by atoms with Crippen molar-refractivity contribution in [2.45, 2.75) is 13.5 Å². The number of nitrogens with one attached hydrogen (secondary N) is 1. The molecule has 10 heteroatoms. The molecule has 0 aliphatic carbocycles. The molecule has 2 heterocycles. The number of carbonyl (C=O) groups is 3. The largest absolute Gasteiger partial charge is 0.490 e. The lowest BCUT2D eigenvalue weighted by atomic mass is 10.1. The smallest absolute Gasteiger partial charge is 0.335 e. The van der Waals surface area contributed by atoms with Crippen LogP contribution in [0.3, 0.4) is 0 Å². The molecule has 206 valence electrons. The lowest BCUT2D eigenvalue weighted by Crippen LogP contribution is -2.54. The number of urea groups is 1. The van der Waals surface area contributed by atoms with Crippen molar-refractivity contribution < 1.29 is 33.3 Å². The first-order chi connectivity index (χ1) is 19.9. The zero-order valence-corrected chi connectivity index (χ0v) is 24.0. The number of benzene rings is 4. The molecule has 0 saturated carbocycles. The minimum atomic E-state index is -0.849. The van der Waals surface area contributed by atoms with Gasteiger partial charge in [0.2, 0.25) is 6.79 Å². The molecule has 0 atom stereocenters. The Morgan fingerprint density at radius 1 is 0.951 bits per heavy atom. The van der Waals surface area contributed by atoms with Gasteiger partial charge in [-0.2, -0.15) is 0 Å². The fraction of sp³-hybridized carbons (Fsp3) is 0.129. The zero-order valence-electron chi connectivity index (χ0n) is 21.8. The number of ether oxygens (including phenoxy) is 4. The maximum absolute atomic E-state index is 13.4. The average molecular weight is 662 g/mol. The van der Waals surface area contributed by atoms with Gasteiger partial charge in [-0.15, -0.1) is 0 Å². The molecular weight excluding hydrogens is 639 g/mol. The molecule has 0 spiro atoms. The Morgan fingerprint density at radius 2 is 1.76 bits per heavy atom. The van der Waals surface area contributed by atoms with E-state index in [0.717, 1.165) is 24.8 Å². The number of amides is 4. The third-order valence-electron chi connectivity index (χ3n) is 6.61. The number of rotatable bonds is 7. The second kappa shape index (κ2) is 11.1. The Bertz CT molecular complexity index is 1750. The van der Waals surface area contributed by atoms with Gasteiger partial charge in [-0.3, -0.25) is 14.9 Å². The second-order valence-corrected chi connectivity index (χ2v) is 10.3. The van der Waals surface area contributed by atoms with Crippen LogP contribution >= 0.6 is 22.6 Å². The van der Waals surface area contributed by atoms with Crippen molar-refractivity contribution >= 4 is 63.0 Å². The number of carbonyl (C=O) groups excluding carboxylic acids is 3. The third kappa shape index (κ3) is 5.18. The molecule has 4 aromatic carbocycles. The highest BCUT2D eigenvalue weighted by molar-refractivity contribution is 14.1. The van der Waals surface area contributed by atoms with E-state index in [4.69, 9.17) is 18.9 Å². The molecule has 2 aliphatic rings. The molecule has 0 bridgehead atoms. The summed E-state index contributed by atoms with van der Waals surface area (Å²) < 4.78 is 23.6. The Hall–Kier alpha value is -4.58. The number of barbiturate groups is 1. The zero-order chi connectivity index (χ0) is 28.5. The summed E-state index contributed by atoms with van der Waals surface area (Å²) >= 11 is 2.14. The Labute approximate surface area is 248 Å². The van der Waals surface area contributed by atoms with Gasteiger partial charge in [0.1, 0.15) is 12.2 Å². The molecule has 4 amide bonds. The number of hydrogen-bond donors (Lipinski definition) is 1. The summed E-state index contributed by atoms with van der Waals surface area (Å²) in [5.41, 5.74) is 1.61. The quantitative estimate of drug-likeness (QED) is 0.151. The van der Waals surface area contributed by atoms with Gasteiger partial charge in [0.15, 0.2) is 23.0 Å². The van der Waals surface area contributed by atoms with Crippen LogP contribution in [0.5, 0.6) is 23.0 Å². The molecule has 0 aromatic heterocycles. The summed E-state index contributed by atoms with van der Waals surface area (Å²) in [4.78, 5) is 39.7. The normalized spacial score (nSPS) is 15.4. The standard InChI is InChI=1S/C31H23IN2O7/c1-2-38-27-14-18(13-24(32)28(27)39-16-20-8-5-7-19-6-3-4-9-22(19)20)12-23-29(35)33-31(37)34(30(23)36)21-10-11-25-26(15-21)41-17-40-25/h3-15H,2,16-17H2,1H3,(H,33,35,37)/b23-12+. The van der Waals surface area contributed by atoms with E-state index >= 15 is 0 Å². The van der Waals surface area contributed by atoms with E-state index in [1.54, 1.807) is 24.3 Å². The van der Waals surface area contributed by atoms with Crippen LogP contribution in [0.1, 0.15) is 18.1 Å². The van der Waals surface area contributed by atoms with Gasteiger partial charge in [-0.1, -0.05) is 42.5 Å². The molecule has 2 aliphatic heterocycles. The van der Waals surface area contributed by atoms with Crippen LogP contribution in [-0.4, -0.2) is 31.2 Å². The van der Waals surface area contributed by atoms with E-state index in [-0.39, 0.29) is 18.1 Å². The number of fused-ring (bicyclic) bond motifs is 2. The van der Waals surface area contributed by atoms with E-state index in [1.807, 2.05) is 31.2 Å². The first-order valence-corrected chi connectivity index (χ1v) is 13.9. The Kier molecular flexibility index (Phi) is 7.23. The van der Waals surface area contributed by atoms with Gasteiger partial charge in [0.05, 0.1) is 15.9 Å². The van der Waals surface area contributed by atoms with Gasteiger partial charge in [-0.05, 0) is 81.8 Å². The van der Waals surface area contributed by atoms with Gasteiger partial charge in [0, 0.05) is 6.07 Å². The van der Waals surface area contributed by atoms with E-state index in [2.05, 4.69) is 46.1 Å². The second-order valence-electron chi connectivity index (χ2n) is 9.19. The van der Waals surface area contributed by atoms with E-state index < -0.39 is 17.8 Å². The van der Waals surface area contributed by atoms with Crippen molar-refractivity contribution in [1.82, 2.24) is 5.32 Å². The monoisotopic (exact) mass is 662 g/mol. The summed E-state index contributed by atoms with van der Waals surface area (Å²) in [5, 5.41) is 4.47. The first kappa shape index (κ1) is 26.6. The Morgan fingerprint density at radius 3 is 2.61 bits per heavy atom. The third-order valence-corrected chi connectivity index (χ3v) is 7.41. The topological polar surface area (TPSA) is 103 Å². The molecule has 1 saturated heterocycles. The fourth-order valence-corrected chi connectivity index (χ4v) is 5.51. The molecule has 1 N–H and O–H groups in total. The number of nitrogens with zero attached hydrogens (tertiary/aromatic N) is 1. The highest BCUT2D eigenvalue weighted by Gasteiger charge is 2.37. The highest BCUT2D eigenvalue weighted by atomic mass is 127. The predicted molar refractivity (Wildman–Crippen MR) is 160 cm³/mol. The van der Waals surface area contributed by atoms with Crippen molar-refractivity contribution in [3.63, 3.8) is 0 Å².